The number of amides is 2. The molecule has 1 heterocycles. The van der Waals surface area contributed by atoms with Gasteiger partial charge in [-0.3, -0.25) is 9.59 Å². The molecule has 0 aliphatic carbocycles. The lowest BCUT2D eigenvalue weighted by Crippen LogP contribution is -2.29. The molecule has 0 saturated carbocycles. The lowest BCUT2D eigenvalue weighted by Gasteiger charge is -2.33. The highest BCUT2D eigenvalue weighted by atomic mass is 16.5. The van der Waals surface area contributed by atoms with Crippen molar-refractivity contribution in [2.75, 3.05) is 17.3 Å². The molecule has 0 saturated heterocycles. The van der Waals surface area contributed by atoms with Crippen LogP contribution in [0.5, 0.6) is 0 Å². The average molecular weight is 429 g/mol. The molecule has 0 bridgehead atoms. The second kappa shape index (κ2) is 8.93. The molecule has 1 aliphatic heterocycles. The van der Waals surface area contributed by atoms with E-state index in [0.29, 0.717) is 23.4 Å². The van der Waals surface area contributed by atoms with Crippen molar-refractivity contribution in [2.45, 2.75) is 19.0 Å². The number of nitrogens with one attached hydrogen (secondary N) is 1. The van der Waals surface area contributed by atoms with Crippen LogP contribution in [0.4, 0.5) is 11.4 Å². The molecule has 1 unspecified atom stereocenters. The molecule has 2 amide bonds. The number of anilines is 2. The van der Waals surface area contributed by atoms with Crippen LogP contribution in [0.1, 0.15) is 44.3 Å². The molecule has 0 radical (unpaired) electrons. The van der Waals surface area contributed by atoms with E-state index in [0.717, 1.165) is 16.8 Å². The minimum Gasteiger partial charge on any atom is -0.465 e. The quantitative estimate of drug-likeness (QED) is 0.603. The predicted molar refractivity (Wildman–Crippen MR) is 121 cm³/mol. The molecular weight excluding hydrogens is 406 g/mol. The summed E-state index contributed by atoms with van der Waals surface area (Å²) in [6.07, 6.45) is 0.241. The fraction of sp³-hybridized carbons (Fsp3) is 0.160. The maximum Gasteiger partial charge on any atom is 0.337 e. The smallest absolute Gasteiger partial charge is 0.337 e. The Kier molecular flexibility index (Phi) is 5.89. The Hall–Kier alpha value is -4.13. The monoisotopic (exact) mass is 429 g/mol. The molecule has 4 rings (SSSR count). The Morgan fingerprint density at radius 1 is 1.03 bits per heavy atom. The number of primary amides is 1. The Balaban J connectivity index is 1.78. The van der Waals surface area contributed by atoms with Crippen molar-refractivity contribution in [3.05, 3.63) is 95.1 Å². The number of nitrogens with zero attached hydrogens (tertiary/aromatic N) is 1. The third-order valence-electron chi connectivity index (χ3n) is 5.53. The van der Waals surface area contributed by atoms with Crippen LogP contribution in [0, 0.1) is 0 Å². The van der Waals surface area contributed by atoms with Gasteiger partial charge in [0.05, 0.1) is 36.5 Å². The van der Waals surface area contributed by atoms with Crippen LogP contribution in [-0.2, 0) is 16.1 Å². The molecule has 0 aromatic heterocycles. The van der Waals surface area contributed by atoms with Crippen LogP contribution < -0.4 is 16.0 Å². The molecule has 7 nitrogen and oxygen atoms in total. The van der Waals surface area contributed by atoms with Gasteiger partial charge < -0.3 is 20.7 Å². The van der Waals surface area contributed by atoms with Gasteiger partial charge >= 0.3 is 5.97 Å². The minimum absolute atomic E-state index is 0.148. The van der Waals surface area contributed by atoms with Gasteiger partial charge in [0.15, 0.2) is 0 Å². The number of hydrogen-bond acceptors (Lipinski definition) is 5. The van der Waals surface area contributed by atoms with Crippen molar-refractivity contribution in [3.63, 3.8) is 0 Å². The van der Waals surface area contributed by atoms with Gasteiger partial charge in [-0.15, -0.1) is 0 Å². The van der Waals surface area contributed by atoms with Gasteiger partial charge in [0.1, 0.15) is 0 Å². The summed E-state index contributed by atoms with van der Waals surface area (Å²) in [6.45, 7) is 0.485. The van der Waals surface area contributed by atoms with Crippen molar-refractivity contribution < 1.29 is 19.1 Å². The molecule has 1 aliphatic rings. The molecule has 0 spiro atoms. The van der Waals surface area contributed by atoms with Gasteiger partial charge in [-0.1, -0.05) is 42.5 Å². The molecule has 1 atom stereocenters. The van der Waals surface area contributed by atoms with E-state index in [1.165, 1.54) is 7.11 Å². The summed E-state index contributed by atoms with van der Waals surface area (Å²) in [4.78, 5) is 38.3. The highest BCUT2D eigenvalue weighted by Crippen LogP contribution is 2.39. The van der Waals surface area contributed by atoms with E-state index < -0.39 is 11.9 Å². The first-order chi connectivity index (χ1) is 15.5. The summed E-state index contributed by atoms with van der Waals surface area (Å²) in [7, 11) is 1.35. The van der Waals surface area contributed by atoms with Crippen LogP contribution in [0.2, 0.25) is 0 Å². The number of carbonyl (C=O) groups is 3. The topological polar surface area (TPSA) is 102 Å². The Labute approximate surface area is 185 Å². The summed E-state index contributed by atoms with van der Waals surface area (Å²) in [5.41, 5.74) is 9.51. The minimum atomic E-state index is -0.559. The van der Waals surface area contributed by atoms with E-state index in [1.54, 1.807) is 30.3 Å². The van der Waals surface area contributed by atoms with E-state index in [1.807, 2.05) is 42.5 Å². The number of nitrogens with two attached hydrogens (primary N) is 1. The number of rotatable bonds is 5. The molecule has 0 fully saturated rings. The van der Waals surface area contributed by atoms with Crippen molar-refractivity contribution in [3.8, 4) is 0 Å². The number of methoxy groups -OCH3 is 1. The lowest BCUT2D eigenvalue weighted by molar-refractivity contribution is -0.116. The zero-order valence-corrected chi connectivity index (χ0v) is 17.6. The highest BCUT2D eigenvalue weighted by Gasteiger charge is 2.30. The molecule has 3 N–H and O–H groups in total. The van der Waals surface area contributed by atoms with Gasteiger partial charge in [-0.05, 0) is 41.5 Å². The lowest BCUT2D eigenvalue weighted by atomic mass is 10.00. The average Bonchev–Trinajstić information content (AvgIpc) is 2.95. The highest BCUT2D eigenvalue weighted by molar-refractivity contribution is 6.00. The fourth-order valence-electron chi connectivity index (χ4n) is 3.92. The zero-order chi connectivity index (χ0) is 22.7. The van der Waals surface area contributed by atoms with Gasteiger partial charge in [0.25, 0.3) is 0 Å². The van der Waals surface area contributed by atoms with E-state index in [9.17, 15) is 14.4 Å². The summed E-state index contributed by atoms with van der Waals surface area (Å²) in [6, 6.07) is 21.8. The number of hydrogen-bond donors (Lipinski definition) is 2. The molecule has 7 heteroatoms. The SMILES string of the molecule is COC(=O)c1ccc(CN2c3ccc(C(N)=O)cc3NC(=O)CC2c2ccccc2)cc1. The second-order valence-electron chi connectivity index (χ2n) is 7.59. The van der Waals surface area contributed by atoms with Crippen LogP contribution in [-0.4, -0.2) is 24.9 Å². The van der Waals surface area contributed by atoms with Crippen molar-refractivity contribution in [1.29, 1.82) is 0 Å². The standard InChI is InChI=1S/C25H23N3O4/c1-32-25(31)18-9-7-16(8-10-18)15-28-21-12-11-19(24(26)30)13-20(21)27-23(29)14-22(28)17-5-3-2-4-6-17/h2-13,22H,14-15H2,1H3,(H2,26,30)(H,27,29). The maximum atomic E-state index is 12.8. The summed E-state index contributed by atoms with van der Waals surface area (Å²) in [5, 5.41) is 2.92. The predicted octanol–water partition coefficient (Wildman–Crippen LogP) is 3.66. The van der Waals surface area contributed by atoms with Gasteiger partial charge in [0.2, 0.25) is 11.8 Å². The first kappa shape index (κ1) is 21.1. The normalized spacial score (nSPS) is 15.3. The molecule has 3 aromatic rings. The van der Waals surface area contributed by atoms with Crippen molar-refractivity contribution in [2.24, 2.45) is 5.73 Å². The van der Waals surface area contributed by atoms with E-state index in [4.69, 9.17) is 10.5 Å². The zero-order valence-electron chi connectivity index (χ0n) is 17.6. The number of ether oxygens (including phenoxy) is 1. The van der Waals surface area contributed by atoms with Gasteiger partial charge in [0, 0.05) is 12.1 Å². The molecular formula is C25H23N3O4. The maximum absolute atomic E-state index is 12.8. The van der Waals surface area contributed by atoms with E-state index in [-0.39, 0.29) is 18.4 Å². The van der Waals surface area contributed by atoms with E-state index >= 15 is 0 Å². The van der Waals surface area contributed by atoms with E-state index in [2.05, 4.69) is 10.2 Å². The first-order valence-electron chi connectivity index (χ1n) is 10.2. The number of esters is 1. The Morgan fingerprint density at radius 3 is 2.38 bits per heavy atom. The number of carbonyl (C=O) groups excluding carboxylic acids is 3. The van der Waals surface area contributed by atoms with Crippen molar-refractivity contribution >= 4 is 29.2 Å². The third kappa shape index (κ3) is 4.32. The molecule has 162 valence electrons. The summed E-state index contributed by atoms with van der Waals surface area (Å²) < 4.78 is 4.77. The summed E-state index contributed by atoms with van der Waals surface area (Å²) in [5.74, 6) is -1.10. The largest absolute Gasteiger partial charge is 0.465 e. The van der Waals surface area contributed by atoms with Crippen LogP contribution >= 0.6 is 0 Å². The van der Waals surface area contributed by atoms with Crippen LogP contribution in [0.3, 0.4) is 0 Å². The number of fused-ring (bicyclic) bond motifs is 1. The number of benzene rings is 3. The Morgan fingerprint density at radius 2 is 1.72 bits per heavy atom. The van der Waals surface area contributed by atoms with Crippen LogP contribution in [0.25, 0.3) is 0 Å². The van der Waals surface area contributed by atoms with Crippen molar-refractivity contribution in [1.82, 2.24) is 0 Å². The second-order valence-corrected chi connectivity index (χ2v) is 7.59. The summed E-state index contributed by atoms with van der Waals surface area (Å²) >= 11 is 0. The first-order valence-corrected chi connectivity index (χ1v) is 10.2. The molecule has 32 heavy (non-hydrogen) atoms. The fourth-order valence-corrected chi connectivity index (χ4v) is 3.92. The van der Waals surface area contributed by atoms with Crippen LogP contribution in [0.15, 0.2) is 72.8 Å². The Bertz CT molecular complexity index is 1160. The third-order valence-corrected chi connectivity index (χ3v) is 5.53. The molecule has 3 aromatic carbocycles. The van der Waals surface area contributed by atoms with Gasteiger partial charge in [-0.2, -0.15) is 0 Å². The van der Waals surface area contributed by atoms with Gasteiger partial charge in [-0.25, -0.2) is 4.79 Å².